The highest BCUT2D eigenvalue weighted by Gasteiger charge is 2.20. The molecule has 3 N–H and O–H groups in total. The number of carbonyl (C=O) groups excluding carboxylic acids is 2. The molecule has 0 aromatic rings. The second kappa shape index (κ2) is 73.3. The normalized spacial score (nSPS) is 12.8. The van der Waals surface area contributed by atoms with Crippen LogP contribution in [0.1, 0.15) is 412 Å². The summed E-state index contributed by atoms with van der Waals surface area (Å²) in [6.45, 7) is 4.96. The quantitative estimate of drug-likeness (QED) is 0.0320. The molecule has 0 aliphatic carbocycles. The Balaban J connectivity index is 3.41. The number of hydrogen-bond acceptors (Lipinski definition) is 5. The average molecular weight is 1180 g/mol. The average Bonchev–Trinajstić information content (AvgIpc) is 3.51. The summed E-state index contributed by atoms with van der Waals surface area (Å²) in [7, 11) is 0. The number of aliphatic hydroxyl groups is 2. The Labute approximate surface area is 525 Å². The van der Waals surface area contributed by atoms with Gasteiger partial charge < -0.3 is 20.3 Å². The van der Waals surface area contributed by atoms with Crippen LogP contribution in [0.25, 0.3) is 0 Å². The molecule has 0 aromatic heterocycles. The number of allylic oxidation sites excluding steroid dienone is 8. The maximum Gasteiger partial charge on any atom is 0.305 e. The number of nitrogens with one attached hydrogen (secondary N) is 1. The van der Waals surface area contributed by atoms with Crippen LogP contribution in [-0.4, -0.2) is 47.4 Å². The molecular weight excluding hydrogens is 1030 g/mol. The molecule has 84 heavy (non-hydrogen) atoms. The summed E-state index contributed by atoms with van der Waals surface area (Å²) in [4.78, 5) is 24.7. The smallest absolute Gasteiger partial charge is 0.305 e. The third-order valence-electron chi connectivity index (χ3n) is 17.6. The minimum absolute atomic E-state index is 0.00739. The van der Waals surface area contributed by atoms with Crippen molar-refractivity contribution in [1.29, 1.82) is 0 Å². The fraction of sp³-hybridized carbons (Fsp3) is 0.872. The Morgan fingerprint density at radius 1 is 0.333 bits per heavy atom. The van der Waals surface area contributed by atoms with Gasteiger partial charge in [0.15, 0.2) is 0 Å². The van der Waals surface area contributed by atoms with Crippen LogP contribution in [0.5, 0.6) is 0 Å². The molecule has 0 aliphatic heterocycles. The summed E-state index contributed by atoms with van der Waals surface area (Å²) in [5.41, 5.74) is 0. The van der Waals surface area contributed by atoms with Crippen molar-refractivity contribution in [3.8, 4) is 0 Å². The third kappa shape index (κ3) is 68.9. The maximum absolute atomic E-state index is 12.6. The summed E-state index contributed by atoms with van der Waals surface area (Å²) >= 11 is 0. The van der Waals surface area contributed by atoms with Gasteiger partial charge in [-0.25, -0.2) is 0 Å². The molecule has 0 saturated heterocycles. The number of unbranched alkanes of at least 4 members (excludes halogenated alkanes) is 52. The van der Waals surface area contributed by atoms with Gasteiger partial charge in [-0.15, -0.1) is 0 Å². The number of esters is 1. The monoisotopic (exact) mass is 1180 g/mol. The zero-order chi connectivity index (χ0) is 60.6. The fourth-order valence-corrected chi connectivity index (χ4v) is 11.8. The number of rotatable bonds is 71. The van der Waals surface area contributed by atoms with Gasteiger partial charge in [0.05, 0.1) is 25.4 Å². The van der Waals surface area contributed by atoms with Gasteiger partial charge in [0.2, 0.25) is 5.91 Å². The van der Waals surface area contributed by atoms with Crippen molar-refractivity contribution in [1.82, 2.24) is 5.32 Å². The third-order valence-corrected chi connectivity index (χ3v) is 17.6. The number of aliphatic hydroxyl groups excluding tert-OH is 2. The van der Waals surface area contributed by atoms with E-state index in [1.807, 2.05) is 0 Å². The molecule has 6 nitrogen and oxygen atoms in total. The number of ether oxygens (including phenoxy) is 1. The summed E-state index contributed by atoms with van der Waals surface area (Å²) in [6.07, 6.45) is 96.0. The van der Waals surface area contributed by atoms with Crippen LogP contribution in [0.15, 0.2) is 48.6 Å². The molecule has 494 valence electrons. The van der Waals surface area contributed by atoms with E-state index in [1.54, 1.807) is 0 Å². The second-order valence-corrected chi connectivity index (χ2v) is 26.0. The molecule has 0 bridgehead atoms. The molecule has 2 atom stereocenters. The number of hydrogen-bond donors (Lipinski definition) is 3. The zero-order valence-electron chi connectivity index (χ0n) is 56.6. The lowest BCUT2D eigenvalue weighted by Crippen LogP contribution is -2.45. The summed E-state index contributed by atoms with van der Waals surface area (Å²) in [5, 5.41) is 23.4. The van der Waals surface area contributed by atoms with E-state index >= 15 is 0 Å². The van der Waals surface area contributed by atoms with E-state index in [1.165, 1.54) is 321 Å². The van der Waals surface area contributed by atoms with Gasteiger partial charge in [-0.3, -0.25) is 9.59 Å². The Morgan fingerprint density at radius 2 is 0.595 bits per heavy atom. The topological polar surface area (TPSA) is 95.9 Å². The van der Waals surface area contributed by atoms with Crippen LogP contribution < -0.4 is 5.32 Å². The van der Waals surface area contributed by atoms with E-state index in [9.17, 15) is 19.8 Å². The van der Waals surface area contributed by atoms with Gasteiger partial charge in [0.1, 0.15) is 0 Å². The Bertz CT molecular complexity index is 1400. The molecule has 1 amide bonds. The molecule has 0 heterocycles. The fourth-order valence-electron chi connectivity index (χ4n) is 11.8. The van der Waals surface area contributed by atoms with E-state index in [-0.39, 0.29) is 18.5 Å². The first-order valence-corrected chi connectivity index (χ1v) is 37.9. The van der Waals surface area contributed by atoms with E-state index in [0.29, 0.717) is 25.9 Å². The number of carbonyl (C=O) groups is 2. The van der Waals surface area contributed by atoms with Gasteiger partial charge >= 0.3 is 5.97 Å². The van der Waals surface area contributed by atoms with Crippen LogP contribution in [0.3, 0.4) is 0 Å². The van der Waals surface area contributed by atoms with Crippen molar-refractivity contribution in [2.45, 2.75) is 424 Å². The van der Waals surface area contributed by atoms with Crippen molar-refractivity contribution in [2.75, 3.05) is 13.2 Å². The highest BCUT2D eigenvalue weighted by atomic mass is 16.5. The lowest BCUT2D eigenvalue weighted by Gasteiger charge is -2.22. The van der Waals surface area contributed by atoms with Gasteiger partial charge in [0, 0.05) is 12.8 Å². The van der Waals surface area contributed by atoms with Crippen LogP contribution >= 0.6 is 0 Å². The number of amides is 1. The van der Waals surface area contributed by atoms with Crippen molar-refractivity contribution in [3.05, 3.63) is 48.6 Å². The molecular formula is C78H147NO5. The highest BCUT2D eigenvalue weighted by Crippen LogP contribution is 2.19. The van der Waals surface area contributed by atoms with Gasteiger partial charge in [-0.1, -0.05) is 358 Å². The summed E-state index contributed by atoms with van der Waals surface area (Å²) < 4.78 is 5.50. The SMILES string of the molecule is CCCCC/C=C\C/C=C\CCCCCCCCCCCC(=O)OCCCCCCCCCCC/C=C\C/C=C\CCCCCCCCCCCCCC(=O)NC(CO)C(O)CCCCCCCCCCCCCCCCCCCCCCC. The molecule has 0 radical (unpaired) electrons. The lowest BCUT2D eigenvalue weighted by atomic mass is 10.0. The molecule has 6 heteroatoms. The molecule has 0 aromatic carbocycles. The van der Waals surface area contributed by atoms with Crippen LogP contribution in [0.4, 0.5) is 0 Å². The van der Waals surface area contributed by atoms with E-state index < -0.39 is 12.1 Å². The van der Waals surface area contributed by atoms with E-state index in [4.69, 9.17) is 4.74 Å². The lowest BCUT2D eigenvalue weighted by molar-refractivity contribution is -0.143. The molecule has 0 fully saturated rings. The van der Waals surface area contributed by atoms with Gasteiger partial charge in [-0.05, 0) is 89.9 Å². The van der Waals surface area contributed by atoms with Crippen LogP contribution in [-0.2, 0) is 14.3 Å². The molecule has 0 saturated carbocycles. The Hall–Kier alpha value is -2.18. The van der Waals surface area contributed by atoms with E-state index in [2.05, 4.69) is 67.8 Å². The predicted octanol–water partition coefficient (Wildman–Crippen LogP) is 24.8. The molecule has 0 spiro atoms. The first-order valence-electron chi connectivity index (χ1n) is 37.9. The van der Waals surface area contributed by atoms with E-state index in [0.717, 1.165) is 57.8 Å². The van der Waals surface area contributed by atoms with Crippen molar-refractivity contribution in [3.63, 3.8) is 0 Å². The minimum atomic E-state index is -0.668. The summed E-state index contributed by atoms with van der Waals surface area (Å²) in [5.74, 6) is -0.0269. The Kier molecular flexibility index (Phi) is 71.4. The minimum Gasteiger partial charge on any atom is -0.466 e. The second-order valence-electron chi connectivity index (χ2n) is 26.0. The molecule has 0 rings (SSSR count). The van der Waals surface area contributed by atoms with Crippen LogP contribution in [0, 0.1) is 0 Å². The van der Waals surface area contributed by atoms with Crippen LogP contribution in [0.2, 0.25) is 0 Å². The van der Waals surface area contributed by atoms with Crippen molar-refractivity contribution >= 4 is 11.9 Å². The first kappa shape index (κ1) is 81.8. The largest absolute Gasteiger partial charge is 0.466 e. The first-order chi connectivity index (χ1) is 41.5. The van der Waals surface area contributed by atoms with Gasteiger partial charge in [-0.2, -0.15) is 0 Å². The predicted molar refractivity (Wildman–Crippen MR) is 370 cm³/mol. The van der Waals surface area contributed by atoms with Gasteiger partial charge in [0.25, 0.3) is 0 Å². The highest BCUT2D eigenvalue weighted by molar-refractivity contribution is 5.76. The Morgan fingerprint density at radius 3 is 0.929 bits per heavy atom. The summed E-state index contributed by atoms with van der Waals surface area (Å²) in [6, 6.07) is -0.546. The molecule has 0 aliphatic rings. The van der Waals surface area contributed by atoms with Crippen molar-refractivity contribution in [2.24, 2.45) is 0 Å². The standard InChI is InChI=1S/C78H147NO5/c1-3-5-7-9-11-13-15-17-19-21-23-31-35-38-42-46-50-54-58-62-66-70-76(81)75(74-80)79-77(82)71-67-63-59-55-51-47-43-39-36-32-29-27-25-24-26-28-30-33-37-41-45-49-53-57-61-65-69-73-84-78(83)72-68-64-60-56-52-48-44-40-34-22-20-18-16-14-12-10-8-6-4-2/h12,14,18,20,24-25,28,30,75-76,80-81H,3-11,13,15-17,19,21-23,26-27,29,31-74H2,1-2H3,(H,79,82)/b14-12-,20-18-,25-24-,30-28-. The maximum atomic E-state index is 12.6. The molecule has 2 unspecified atom stereocenters. The zero-order valence-corrected chi connectivity index (χ0v) is 56.6. The van der Waals surface area contributed by atoms with Crippen molar-refractivity contribution < 1.29 is 24.5 Å².